The molecule has 3 heteroatoms. The Labute approximate surface area is 73.2 Å². The first-order valence-corrected chi connectivity index (χ1v) is 4.59. The summed E-state index contributed by atoms with van der Waals surface area (Å²) in [6.45, 7) is 1.90. The van der Waals surface area contributed by atoms with Crippen molar-refractivity contribution in [1.82, 2.24) is 5.32 Å². The van der Waals surface area contributed by atoms with E-state index in [1.54, 1.807) is 0 Å². The van der Waals surface area contributed by atoms with Crippen LogP contribution in [0.3, 0.4) is 0 Å². The van der Waals surface area contributed by atoms with E-state index in [0.717, 1.165) is 25.7 Å². The van der Waals surface area contributed by atoms with E-state index in [4.69, 9.17) is 0 Å². The van der Waals surface area contributed by atoms with Gasteiger partial charge in [-0.2, -0.15) is 0 Å². The van der Waals surface area contributed by atoms with E-state index < -0.39 is 5.60 Å². The molecule has 1 aliphatic carbocycles. The number of carbonyl (C=O) groups is 1. The minimum atomic E-state index is -0.621. The zero-order valence-corrected chi connectivity index (χ0v) is 7.60. The summed E-state index contributed by atoms with van der Waals surface area (Å²) < 4.78 is 0. The van der Waals surface area contributed by atoms with Gasteiger partial charge in [-0.1, -0.05) is 19.3 Å². The Morgan fingerprint density at radius 3 is 2.50 bits per heavy atom. The van der Waals surface area contributed by atoms with Crippen molar-refractivity contribution >= 4 is 5.91 Å². The van der Waals surface area contributed by atoms with Gasteiger partial charge in [0.15, 0.2) is 0 Å². The van der Waals surface area contributed by atoms with Crippen molar-refractivity contribution in [3.8, 4) is 0 Å². The summed E-state index contributed by atoms with van der Waals surface area (Å²) >= 11 is 0. The van der Waals surface area contributed by atoms with Gasteiger partial charge in [0.2, 0.25) is 5.91 Å². The highest BCUT2D eigenvalue weighted by Gasteiger charge is 2.28. The van der Waals surface area contributed by atoms with Crippen LogP contribution in [0.4, 0.5) is 0 Å². The maximum Gasteiger partial charge on any atom is 0.216 e. The summed E-state index contributed by atoms with van der Waals surface area (Å²) in [6.07, 6.45) is 5.02. The SMILES string of the molecule is CC(=O)NCC1(O)CCCCC1. The summed E-state index contributed by atoms with van der Waals surface area (Å²) in [4.78, 5) is 10.6. The lowest BCUT2D eigenvalue weighted by atomic mass is 9.85. The van der Waals surface area contributed by atoms with E-state index in [2.05, 4.69) is 5.32 Å². The normalized spacial score (nSPS) is 21.8. The zero-order chi connectivity index (χ0) is 9.03. The van der Waals surface area contributed by atoms with E-state index in [1.165, 1.54) is 13.3 Å². The molecule has 0 saturated heterocycles. The Morgan fingerprint density at radius 1 is 1.42 bits per heavy atom. The Kier molecular flexibility index (Phi) is 3.09. The molecule has 0 bridgehead atoms. The van der Waals surface area contributed by atoms with Crippen LogP contribution in [0.25, 0.3) is 0 Å². The van der Waals surface area contributed by atoms with Crippen LogP contribution in [-0.4, -0.2) is 23.2 Å². The monoisotopic (exact) mass is 171 g/mol. The van der Waals surface area contributed by atoms with Crippen LogP contribution in [0.15, 0.2) is 0 Å². The van der Waals surface area contributed by atoms with Crippen molar-refractivity contribution < 1.29 is 9.90 Å². The molecule has 0 aliphatic heterocycles. The average Bonchev–Trinajstić information content (AvgIpc) is 2.03. The summed E-state index contributed by atoms with van der Waals surface area (Å²) in [5.74, 6) is -0.0611. The number of rotatable bonds is 2. The zero-order valence-electron chi connectivity index (χ0n) is 7.60. The lowest BCUT2D eigenvalue weighted by Gasteiger charge is -2.31. The number of nitrogens with one attached hydrogen (secondary N) is 1. The van der Waals surface area contributed by atoms with E-state index >= 15 is 0 Å². The molecule has 0 aromatic carbocycles. The van der Waals surface area contributed by atoms with Crippen LogP contribution in [0.2, 0.25) is 0 Å². The van der Waals surface area contributed by atoms with Gasteiger partial charge in [0.25, 0.3) is 0 Å². The minimum Gasteiger partial charge on any atom is -0.388 e. The van der Waals surface area contributed by atoms with Crippen molar-refractivity contribution in [2.45, 2.75) is 44.6 Å². The largest absolute Gasteiger partial charge is 0.388 e. The first-order valence-electron chi connectivity index (χ1n) is 4.59. The van der Waals surface area contributed by atoms with Crippen molar-refractivity contribution in [2.75, 3.05) is 6.54 Å². The smallest absolute Gasteiger partial charge is 0.216 e. The average molecular weight is 171 g/mol. The molecule has 70 valence electrons. The van der Waals surface area contributed by atoms with Crippen LogP contribution >= 0.6 is 0 Å². The highest BCUT2D eigenvalue weighted by molar-refractivity contribution is 5.72. The van der Waals surface area contributed by atoms with Gasteiger partial charge in [0.05, 0.1) is 5.60 Å². The van der Waals surface area contributed by atoms with Crippen LogP contribution in [-0.2, 0) is 4.79 Å². The Bertz CT molecular complexity index is 162. The molecule has 0 heterocycles. The standard InChI is InChI=1S/C9H17NO2/c1-8(11)10-7-9(12)5-3-2-4-6-9/h12H,2-7H2,1H3,(H,10,11). The first-order chi connectivity index (χ1) is 5.62. The van der Waals surface area contributed by atoms with E-state index in [1.807, 2.05) is 0 Å². The molecule has 1 amide bonds. The van der Waals surface area contributed by atoms with Gasteiger partial charge >= 0.3 is 0 Å². The van der Waals surface area contributed by atoms with Crippen molar-refractivity contribution in [2.24, 2.45) is 0 Å². The molecule has 1 saturated carbocycles. The van der Waals surface area contributed by atoms with E-state index in [-0.39, 0.29) is 5.91 Å². The molecule has 0 spiro atoms. The Morgan fingerprint density at radius 2 is 2.00 bits per heavy atom. The second-order valence-corrected chi connectivity index (χ2v) is 3.69. The molecule has 1 aliphatic rings. The highest BCUT2D eigenvalue weighted by atomic mass is 16.3. The maximum absolute atomic E-state index is 10.6. The highest BCUT2D eigenvalue weighted by Crippen LogP contribution is 2.27. The van der Waals surface area contributed by atoms with Crippen molar-refractivity contribution in [1.29, 1.82) is 0 Å². The van der Waals surface area contributed by atoms with Crippen LogP contribution in [0.1, 0.15) is 39.0 Å². The van der Waals surface area contributed by atoms with Gasteiger partial charge < -0.3 is 10.4 Å². The lowest BCUT2D eigenvalue weighted by molar-refractivity contribution is -0.120. The molecule has 12 heavy (non-hydrogen) atoms. The molecule has 0 aromatic rings. The Balaban J connectivity index is 2.31. The molecule has 1 rings (SSSR count). The maximum atomic E-state index is 10.6. The van der Waals surface area contributed by atoms with Crippen LogP contribution in [0.5, 0.6) is 0 Å². The third-order valence-electron chi connectivity index (χ3n) is 2.45. The molecule has 0 unspecified atom stereocenters. The molecule has 0 radical (unpaired) electrons. The van der Waals surface area contributed by atoms with Crippen LogP contribution < -0.4 is 5.32 Å². The van der Waals surface area contributed by atoms with Gasteiger partial charge in [-0.05, 0) is 12.8 Å². The van der Waals surface area contributed by atoms with E-state index in [0.29, 0.717) is 6.54 Å². The molecule has 0 atom stereocenters. The molecule has 0 aromatic heterocycles. The second-order valence-electron chi connectivity index (χ2n) is 3.69. The molecule has 1 fully saturated rings. The third kappa shape index (κ3) is 2.81. The second kappa shape index (κ2) is 3.90. The van der Waals surface area contributed by atoms with Gasteiger partial charge in [-0.3, -0.25) is 4.79 Å². The van der Waals surface area contributed by atoms with Crippen LogP contribution in [0, 0.1) is 0 Å². The summed E-state index contributed by atoms with van der Waals surface area (Å²) in [5.41, 5.74) is -0.621. The summed E-state index contributed by atoms with van der Waals surface area (Å²) in [5, 5.41) is 12.6. The fourth-order valence-electron chi connectivity index (χ4n) is 1.68. The van der Waals surface area contributed by atoms with Crippen molar-refractivity contribution in [3.05, 3.63) is 0 Å². The van der Waals surface area contributed by atoms with Gasteiger partial charge in [-0.25, -0.2) is 0 Å². The van der Waals surface area contributed by atoms with Crippen molar-refractivity contribution in [3.63, 3.8) is 0 Å². The third-order valence-corrected chi connectivity index (χ3v) is 2.45. The quantitative estimate of drug-likeness (QED) is 0.646. The number of amides is 1. The summed E-state index contributed by atoms with van der Waals surface area (Å²) in [7, 11) is 0. The fraction of sp³-hybridized carbons (Fsp3) is 0.889. The number of hydrogen-bond donors (Lipinski definition) is 2. The van der Waals surface area contributed by atoms with E-state index in [9.17, 15) is 9.90 Å². The minimum absolute atomic E-state index is 0.0611. The number of aliphatic hydroxyl groups is 1. The topological polar surface area (TPSA) is 49.3 Å². The summed E-state index contributed by atoms with van der Waals surface area (Å²) in [6, 6.07) is 0. The predicted octanol–water partition coefficient (Wildman–Crippen LogP) is 0.818. The predicted molar refractivity (Wildman–Crippen MR) is 46.7 cm³/mol. The first kappa shape index (κ1) is 9.52. The van der Waals surface area contributed by atoms with Gasteiger partial charge in [0.1, 0.15) is 0 Å². The fourth-order valence-corrected chi connectivity index (χ4v) is 1.68. The lowest BCUT2D eigenvalue weighted by Crippen LogP contribution is -2.43. The number of hydrogen-bond acceptors (Lipinski definition) is 2. The molecular weight excluding hydrogens is 154 g/mol. The molecular formula is C9H17NO2. The Hall–Kier alpha value is -0.570. The van der Waals surface area contributed by atoms with Gasteiger partial charge in [0, 0.05) is 13.5 Å². The number of carbonyl (C=O) groups excluding carboxylic acids is 1. The van der Waals surface area contributed by atoms with Gasteiger partial charge in [-0.15, -0.1) is 0 Å². The molecule has 2 N–H and O–H groups in total. The molecule has 3 nitrogen and oxygen atoms in total.